The summed E-state index contributed by atoms with van der Waals surface area (Å²) in [6.07, 6.45) is 0.966. The average molecular weight is 254 g/mol. The van der Waals surface area contributed by atoms with E-state index in [-0.39, 0.29) is 18.3 Å². The number of amides is 1. The van der Waals surface area contributed by atoms with Crippen LogP contribution in [0.25, 0.3) is 0 Å². The Hall–Kier alpha value is -1.62. The predicted octanol–water partition coefficient (Wildman–Crippen LogP) is 2.16. The second-order valence-corrected chi connectivity index (χ2v) is 3.80. The van der Waals surface area contributed by atoms with E-state index in [1.807, 2.05) is 6.92 Å². The Morgan fingerprint density at radius 1 is 1.39 bits per heavy atom. The summed E-state index contributed by atoms with van der Waals surface area (Å²) in [7, 11) is 0. The lowest BCUT2D eigenvalue weighted by Gasteiger charge is -2.11. The van der Waals surface area contributed by atoms with Crippen molar-refractivity contribution in [2.45, 2.75) is 20.3 Å². The van der Waals surface area contributed by atoms with Crippen LogP contribution in [0.1, 0.15) is 20.3 Å². The molecule has 0 spiro atoms. The van der Waals surface area contributed by atoms with Crippen molar-refractivity contribution in [3.8, 4) is 5.75 Å². The number of anilines is 1. The first kappa shape index (κ1) is 14.4. The zero-order chi connectivity index (χ0) is 13.4. The van der Waals surface area contributed by atoms with E-state index in [9.17, 15) is 9.18 Å². The van der Waals surface area contributed by atoms with Gasteiger partial charge >= 0.3 is 0 Å². The fourth-order valence-corrected chi connectivity index (χ4v) is 1.45. The number of carbonyl (C=O) groups excluding carboxylic acids is 1. The summed E-state index contributed by atoms with van der Waals surface area (Å²) in [5.41, 5.74) is 0.488. The molecule has 0 aliphatic heterocycles. The van der Waals surface area contributed by atoms with E-state index < -0.39 is 0 Å². The number of halogens is 1. The standard InChI is InChI=1S/C13H19FN2O2/c1-3-7-15-9-13(17)16-11-6-5-10(14)8-12(11)18-4-2/h5-6,8,15H,3-4,7,9H2,1-2H3,(H,16,17). The van der Waals surface area contributed by atoms with Gasteiger partial charge in [0.1, 0.15) is 11.6 Å². The van der Waals surface area contributed by atoms with E-state index in [0.29, 0.717) is 18.0 Å². The highest BCUT2D eigenvalue weighted by Crippen LogP contribution is 2.25. The molecular formula is C13H19FN2O2. The molecule has 1 rings (SSSR count). The molecule has 1 aromatic carbocycles. The van der Waals surface area contributed by atoms with Crippen LogP contribution >= 0.6 is 0 Å². The highest BCUT2D eigenvalue weighted by Gasteiger charge is 2.08. The number of ether oxygens (including phenoxy) is 1. The Morgan fingerprint density at radius 3 is 2.83 bits per heavy atom. The molecule has 0 heterocycles. The largest absolute Gasteiger partial charge is 0.492 e. The lowest BCUT2D eigenvalue weighted by atomic mass is 10.2. The highest BCUT2D eigenvalue weighted by molar-refractivity contribution is 5.93. The molecule has 5 heteroatoms. The number of carbonyl (C=O) groups is 1. The molecule has 0 radical (unpaired) electrons. The van der Waals surface area contributed by atoms with E-state index in [0.717, 1.165) is 13.0 Å². The number of hydrogen-bond donors (Lipinski definition) is 2. The van der Waals surface area contributed by atoms with Gasteiger partial charge in [-0.25, -0.2) is 4.39 Å². The molecule has 0 unspecified atom stereocenters. The van der Waals surface area contributed by atoms with Crippen molar-refractivity contribution in [3.63, 3.8) is 0 Å². The molecule has 0 fully saturated rings. The lowest BCUT2D eigenvalue weighted by molar-refractivity contribution is -0.115. The molecule has 0 saturated carbocycles. The lowest BCUT2D eigenvalue weighted by Crippen LogP contribution is -2.28. The molecule has 2 N–H and O–H groups in total. The minimum absolute atomic E-state index is 0.170. The predicted molar refractivity (Wildman–Crippen MR) is 69.4 cm³/mol. The molecule has 0 saturated heterocycles. The molecule has 4 nitrogen and oxygen atoms in total. The molecule has 1 aromatic rings. The van der Waals surface area contributed by atoms with Gasteiger partial charge in [-0.1, -0.05) is 6.92 Å². The van der Waals surface area contributed by atoms with Crippen LogP contribution in [0.4, 0.5) is 10.1 Å². The van der Waals surface area contributed by atoms with Gasteiger partial charge in [0.25, 0.3) is 0 Å². The molecule has 0 aromatic heterocycles. The Labute approximate surface area is 107 Å². The van der Waals surface area contributed by atoms with Gasteiger partial charge < -0.3 is 15.4 Å². The highest BCUT2D eigenvalue weighted by atomic mass is 19.1. The van der Waals surface area contributed by atoms with Crippen molar-refractivity contribution in [1.29, 1.82) is 0 Å². The summed E-state index contributed by atoms with van der Waals surface area (Å²) in [5, 5.41) is 5.68. The quantitative estimate of drug-likeness (QED) is 0.733. The van der Waals surface area contributed by atoms with Crippen molar-refractivity contribution in [2.75, 3.05) is 25.0 Å². The monoisotopic (exact) mass is 254 g/mol. The second kappa shape index (κ2) is 7.66. The zero-order valence-corrected chi connectivity index (χ0v) is 10.8. The third-order valence-electron chi connectivity index (χ3n) is 2.23. The van der Waals surface area contributed by atoms with Crippen LogP contribution in [0.3, 0.4) is 0 Å². The van der Waals surface area contributed by atoms with Gasteiger partial charge in [-0.15, -0.1) is 0 Å². The summed E-state index contributed by atoms with van der Waals surface area (Å²) < 4.78 is 18.3. The minimum Gasteiger partial charge on any atom is -0.492 e. The fourth-order valence-electron chi connectivity index (χ4n) is 1.45. The van der Waals surface area contributed by atoms with Crippen LogP contribution in [0.5, 0.6) is 5.75 Å². The summed E-state index contributed by atoms with van der Waals surface area (Å²) in [6, 6.07) is 4.05. The first-order valence-electron chi connectivity index (χ1n) is 6.10. The zero-order valence-electron chi connectivity index (χ0n) is 10.8. The summed E-state index contributed by atoms with van der Waals surface area (Å²) in [4.78, 5) is 11.6. The number of nitrogens with one attached hydrogen (secondary N) is 2. The molecule has 100 valence electrons. The molecule has 0 atom stereocenters. The Balaban J connectivity index is 2.62. The van der Waals surface area contributed by atoms with E-state index in [1.54, 1.807) is 6.92 Å². The minimum atomic E-state index is -0.388. The van der Waals surface area contributed by atoms with E-state index in [2.05, 4.69) is 10.6 Å². The second-order valence-electron chi connectivity index (χ2n) is 3.80. The van der Waals surface area contributed by atoms with Gasteiger partial charge in [0.15, 0.2) is 0 Å². The van der Waals surface area contributed by atoms with E-state index >= 15 is 0 Å². The molecule has 0 aliphatic rings. The van der Waals surface area contributed by atoms with Gasteiger partial charge in [-0.2, -0.15) is 0 Å². The van der Waals surface area contributed by atoms with E-state index in [4.69, 9.17) is 4.74 Å². The van der Waals surface area contributed by atoms with Crippen molar-refractivity contribution >= 4 is 11.6 Å². The van der Waals surface area contributed by atoms with Crippen LogP contribution < -0.4 is 15.4 Å². The van der Waals surface area contributed by atoms with Gasteiger partial charge in [-0.05, 0) is 32.0 Å². The summed E-state index contributed by atoms with van der Waals surface area (Å²) >= 11 is 0. The van der Waals surface area contributed by atoms with Crippen molar-refractivity contribution in [3.05, 3.63) is 24.0 Å². The van der Waals surface area contributed by atoms with Crippen molar-refractivity contribution in [2.24, 2.45) is 0 Å². The molecule has 18 heavy (non-hydrogen) atoms. The number of hydrogen-bond acceptors (Lipinski definition) is 3. The van der Waals surface area contributed by atoms with Crippen molar-refractivity contribution < 1.29 is 13.9 Å². The topological polar surface area (TPSA) is 50.4 Å². The van der Waals surface area contributed by atoms with Crippen LogP contribution in [0.2, 0.25) is 0 Å². The van der Waals surface area contributed by atoms with Gasteiger partial charge in [-0.3, -0.25) is 4.79 Å². The first-order valence-corrected chi connectivity index (χ1v) is 6.10. The van der Waals surface area contributed by atoms with Crippen molar-refractivity contribution in [1.82, 2.24) is 5.32 Å². The summed E-state index contributed by atoms with van der Waals surface area (Å²) in [6.45, 7) is 5.27. The Kier molecular flexibility index (Phi) is 6.14. The third-order valence-corrected chi connectivity index (χ3v) is 2.23. The fraction of sp³-hybridized carbons (Fsp3) is 0.462. The maximum absolute atomic E-state index is 13.1. The van der Waals surface area contributed by atoms with Crippen LogP contribution in [-0.2, 0) is 4.79 Å². The summed E-state index contributed by atoms with van der Waals surface area (Å²) in [5.74, 6) is -0.210. The van der Waals surface area contributed by atoms with Crippen LogP contribution in [0.15, 0.2) is 18.2 Å². The van der Waals surface area contributed by atoms with E-state index in [1.165, 1.54) is 18.2 Å². The normalized spacial score (nSPS) is 10.2. The number of rotatable bonds is 7. The van der Waals surface area contributed by atoms with Gasteiger partial charge in [0, 0.05) is 6.07 Å². The molecule has 0 aliphatic carbocycles. The van der Waals surface area contributed by atoms with Gasteiger partial charge in [0.05, 0.1) is 18.8 Å². The average Bonchev–Trinajstić information content (AvgIpc) is 2.33. The maximum atomic E-state index is 13.1. The molecule has 1 amide bonds. The maximum Gasteiger partial charge on any atom is 0.238 e. The molecule has 0 bridgehead atoms. The third kappa shape index (κ3) is 4.71. The van der Waals surface area contributed by atoms with Crippen LogP contribution in [0, 0.1) is 5.82 Å². The Bertz CT molecular complexity index is 397. The SMILES string of the molecule is CCCNCC(=O)Nc1ccc(F)cc1OCC. The molecular weight excluding hydrogens is 235 g/mol. The first-order chi connectivity index (χ1) is 8.67. The smallest absolute Gasteiger partial charge is 0.238 e. The number of benzene rings is 1. The Morgan fingerprint density at radius 2 is 2.17 bits per heavy atom. The van der Waals surface area contributed by atoms with Gasteiger partial charge in [0.2, 0.25) is 5.91 Å². The van der Waals surface area contributed by atoms with Crippen LogP contribution in [-0.4, -0.2) is 25.6 Å².